The van der Waals surface area contributed by atoms with Crippen LogP contribution in [-0.2, 0) is 14.3 Å². The van der Waals surface area contributed by atoms with E-state index in [1.807, 2.05) is 0 Å². The standard InChI is InChI=1S/C20H20N2O7/c1-2-28-15-8-9-16(17(12-15)22(26)27)21-19(24)13-29-20(25)11-10-18(23)14-6-4-3-5-7-14/h3-9,12H,2,10-11,13H2,1H3,(H,21,24). The number of rotatable bonds is 10. The first-order chi connectivity index (χ1) is 13.9. The molecule has 152 valence electrons. The summed E-state index contributed by atoms with van der Waals surface area (Å²) in [5.74, 6) is -1.37. The first kappa shape index (κ1) is 21.5. The summed E-state index contributed by atoms with van der Waals surface area (Å²) in [4.78, 5) is 46.2. The Morgan fingerprint density at radius 2 is 1.79 bits per heavy atom. The number of Topliss-reactive ketones (excluding diaryl/α,β-unsaturated/α-hetero) is 1. The lowest BCUT2D eigenvalue weighted by Gasteiger charge is -2.09. The number of carbonyl (C=O) groups excluding carboxylic acids is 3. The summed E-state index contributed by atoms with van der Waals surface area (Å²) in [6, 6.07) is 12.5. The van der Waals surface area contributed by atoms with Crippen LogP contribution in [0.1, 0.15) is 30.1 Å². The van der Waals surface area contributed by atoms with Gasteiger partial charge >= 0.3 is 5.97 Å². The third-order valence-electron chi connectivity index (χ3n) is 3.77. The number of carbonyl (C=O) groups is 3. The van der Waals surface area contributed by atoms with E-state index in [1.165, 1.54) is 18.2 Å². The van der Waals surface area contributed by atoms with Gasteiger partial charge in [-0.05, 0) is 19.1 Å². The second-order valence-corrected chi connectivity index (χ2v) is 5.87. The average Bonchev–Trinajstić information content (AvgIpc) is 2.72. The predicted octanol–water partition coefficient (Wildman–Crippen LogP) is 3.14. The van der Waals surface area contributed by atoms with E-state index in [-0.39, 0.29) is 30.0 Å². The summed E-state index contributed by atoms with van der Waals surface area (Å²) in [5.41, 5.74) is 0.101. The van der Waals surface area contributed by atoms with E-state index in [4.69, 9.17) is 9.47 Å². The van der Waals surface area contributed by atoms with Crippen molar-refractivity contribution in [1.29, 1.82) is 0 Å². The normalized spacial score (nSPS) is 10.1. The number of hydrogen-bond acceptors (Lipinski definition) is 7. The Kier molecular flexibility index (Phi) is 7.84. The van der Waals surface area contributed by atoms with Gasteiger partial charge in [0, 0.05) is 12.0 Å². The van der Waals surface area contributed by atoms with Crippen molar-refractivity contribution in [3.8, 4) is 5.75 Å². The fraction of sp³-hybridized carbons (Fsp3) is 0.250. The lowest BCUT2D eigenvalue weighted by molar-refractivity contribution is -0.384. The van der Waals surface area contributed by atoms with Crippen LogP contribution < -0.4 is 10.1 Å². The molecule has 0 radical (unpaired) electrons. The zero-order valence-corrected chi connectivity index (χ0v) is 15.8. The average molecular weight is 400 g/mol. The van der Waals surface area contributed by atoms with Crippen molar-refractivity contribution in [2.24, 2.45) is 0 Å². The van der Waals surface area contributed by atoms with Crippen LogP contribution in [0, 0.1) is 10.1 Å². The number of anilines is 1. The van der Waals surface area contributed by atoms with Crippen LogP contribution in [0.5, 0.6) is 5.75 Å². The summed E-state index contributed by atoms with van der Waals surface area (Å²) in [5, 5.41) is 13.5. The highest BCUT2D eigenvalue weighted by Gasteiger charge is 2.18. The highest BCUT2D eigenvalue weighted by Crippen LogP contribution is 2.29. The highest BCUT2D eigenvalue weighted by atomic mass is 16.6. The molecule has 0 spiro atoms. The second-order valence-electron chi connectivity index (χ2n) is 5.87. The van der Waals surface area contributed by atoms with Crippen LogP contribution in [0.25, 0.3) is 0 Å². The molecule has 0 unspecified atom stereocenters. The van der Waals surface area contributed by atoms with Crippen molar-refractivity contribution in [2.75, 3.05) is 18.5 Å². The van der Waals surface area contributed by atoms with Gasteiger partial charge in [0.2, 0.25) is 0 Å². The van der Waals surface area contributed by atoms with Crippen molar-refractivity contribution in [1.82, 2.24) is 0 Å². The Labute approximate surface area is 166 Å². The number of amides is 1. The molecule has 2 aromatic carbocycles. The number of benzene rings is 2. The van der Waals surface area contributed by atoms with Crippen LogP contribution in [0.2, 0.25) is 0 Å². The molecule has 2 rings (SSSR count). The summed E-state index contributed by atoms with van der Waals surface area (Å²) in [7, 11) is 0. The topological polar surface area (TPSA) is 125 Å². The summed E-state index contributed by atoms with van der Waals surface area (Å²) in [6.45, 7) is 1.46. The van der Waals surface area contributed by atoms with Gasteiger partial charge in [-0.3, -0.25) is 24.5 Å². The van der Waals surface area contributed by atoms with Gasteiger partial charge in [-0.15, -0.1) is 0 Å². The molecule has 0 aromatic heterocycles. The van der Waals surface area contributed by atoms with Gasteiger partial charge in [0.1, 0.15) is 11.4 Å². The van der Waals surface area contributed by atoms with Gasteiger partial charge in [0.15, 0.2) is 12.4 Å². The minimum absolute atomic E-state index is 0.0428. The molecule has 0 atom stereocenters. The Balaban J connectivity index is 1.84. The lowest BCUT2D eigenvalue weighted by atomic mass is 10.1. The molecular formula is C20H20N2O7. The largest absolute Gasteiger partial charge is 0.494 e. The van der Waals surface area contributed by atoms with E-state index in [9.17, 15) is 24.5 Å². The monoisotopic (exact) mass is 400 g/mol. The zero-order valence-electron chi connectivity index (χ0n) is 15.8. The third-order valence-corrected chi connectivity index (χ3v) is 3.77. The number of ketones is 1. The molecule has 1 N–H and O–H groups in total. The van der Waals surface area contributed by atoms with Crippen LogP contribution in [-0.4, -0.2) is 35.8 Å². The molecule has 0 saturated carbocycles. The Morgan fingerprint density at radius 1 is 1.07 bits per heavy atom. The molecule has 0 heterocycles. The first-order valence-electron chi connectivity index (χ1n) is 8.85. The molecule has 0 saturated heterocycles. The van der Waals surface area contributed by atoms with Gasteiger partial charge in [0.05, 0.1) is 24.0 Å². The predicted molar refractivity (Wildman–Crippen MR) is 104 cm³/mol. The van der Waals surface area contributed by atoms with Crippen molar-refractivity contribution in [2.45, 2.75) is 19.8 Å². The SMILES string of the molecule is CCOc1ccc(NC(=O)COC(=O)CCC(=O)c2ccccc2)c([N+](=O)[O-])c1. The van der Waals surface area contributed by atoms with E-state index in [0.29, 0.717) is 17.9 Å². The molecule has 2 aromatic rings. The van der Waals surface area contributed by atoms with Crippen LogP contribution in [0.3, 0.4) is 0 Å². The fourth-order valence-electron chi connectivity index (χ4n) is 2.41. The Hall–Kier alpha value is -3.75. The van der Waals surface area contributed by atoms with Gasteiger partial charge in [-0.2, -0.15) is 0 Å². The maximum absolute atomic E-state index is 12.0. The number of nitro groups is 1. The van der Waals surface area contributed by atoms with Crippen molar-refractivity contribution in [3.05, 3.63) is 64.2 Å². The van der Waals surface area contributed by atoms with E-state index in [0.717, 1.165) is 0 Å². The molecule has 29 heavy (non-hydrogen) atoms. The lowest BCUT2D eigenvalue weighted by Crippen LogP contribution is -2.21. The maximum atomic E-state index is 12.0. The van der Waals surface area contributed by atoms with Gasteiger partial charge in [0.25, 0.3) is 11.6 Å². The Morgan fingerprint density at radius 3 is 2.45 bits per heavy atom. The molecule has 0 bridgehead atoms. The minimum Gasteiger partial charge on any atom is -0.494 e. The molecular weight excluding hydrogens is 380 g/mol. The van der Waals surface area contributed by atoms with Gasteiger partial charge < -0.3 is 14.8 Å². The highest BCUT2D eigenvalue weighted by molar-refractivity contribution is 5.98. The van der Waals surface area contributed by atoms with Crippen LogP contribution in [0.4, 0.5) is 11.4 Å². The quantitative estimate of drug-likeness (QED) is 0.281. The smallest absolute Gasteiger partial charge is 0.306 e. The number of nitrogens with one attached hydrogen (secondary N) is 1. The number of hydrogen-bond donors (Lipinski definition) is 1. The first-order valence-corrected chi connectivity index (χ1v) is 8.85. The van der Waals surface area contributed by atoms with E-state index in [1.54, 1.807) is 37.3 Å². The second kappa shape index (κ2) is 10.5. The van der Waals surface area contributed by atoms with Crippen LogP contribution in [0.15, 0.2) is 48.5 Å². The van der Waals surface area contributed by atoms with E-state index >= 15 is 0 Å². The number of nitrogens with zero attached hydrogens (tertiary/aromatic N) is 1. The number of ether oxygens (including phenoxy) is 2. The fourth-order valence-corrected chi connectivity index (χ4v) is 2.41. The van der Waals surface area contributed by atoms with Crippen LogP contribution >= 0.6 is 0 Å². The molecule has 9 nitrogen and oxygen atoms in total. The molecule has 9 heteroatoms. The molecule has 0 aliphatic heterocycles. The van der Waals surface area contributed by atoms with Gasteiger partial charge in [-0.1, -0.05) is 30.3 Å². The molecule has 0 aliphatic rings. The Bertz CT molecular complexity index is 897. The van der Waals surface area contributed by atoms with E-state index in [2.05, 4.69) is 5.32 Å². The number of esters is 1. The van der Waals surface area contributed by atoms with Crippen molar-refractivity contribution in [3.63, 3.8) is 0 Å². The maximum Gasteiger partial charge on any atom is 0.306 e. The minimum atomic E-state index is -0.736. The third kappa shape index (κ3) is 6.73. The summed E-state index contributed by atoms with van der Waals surface area (Å²) >= 11 is 0. The van der Waals surface area contributed by atoms with Crippen molar-refractivity contribution < 1.29 is 28.8 Å². The zero-order chi connectivity index (χ0) is 21.2. The van der Waals surface area contributed by atoms with Gasteiger partial charge in [-0.25, -0.2) is 0 Å². The molecule has 0 aliphatic carbocycles. The molecule has 0 fully saturated rings. The number of nitro benzene ring substituents is 1. The van der Waals surface area contributed by atoms with Crippen molar-refractivity contribution >= 4 is 29.0 Å². The van der Waals surface area contributed by atoms with E-state index < -0.39 is 23.4 Å². The summed E-state index contributed by atoms with van der Waals surface area (Å²) in [6.07, 6.45) is -0.223. The summed E-state index contributed by atoms with van der Waals surface area (Å²) < 4.78 is 10.0. The molecule has 1 amide bonds.